The van der Waals surface area contributed by atoms with Gasteiger partial charge in [-0.25, -0.2) is 0 Å². The van der Waals surface area contributed by atoms with Crippen LogP contribution in [-0.2, 0) is 5.75 Å². The maximum atomic E-state index is 8.70. The lowest BCUT2D eigenvalue weighted by Gasteiger charge is -2.12. The van der Waals surface area contributed by atoms with Crippen LogP contribution in [0.3, 0.4) is 0 Å². The quantitative estimate of drug-likeness (QED) is 0.369. The highest BCUT2D eigenvalue weighted by Gasteiger charge is 2.11. The summed E-state index contributed by atoms with van der Waals surface area (Å²) in [6.45, 7) is 2.28. The van der Waals surface area contributed by atoms with Gasteiger partial charge < -0.3 is 15.2 Å². The number of amidine groups is 1. The van der Waals surface area contributed by atoms with Crippen LogP contribution in [0.4, 0.5) is 0 Å². The second-order valence-corrected chi connectivity index (χ2v) is 7.02. The number of rotatable bonds is 8. The largest absolute Gasteiger partial charge is 0.490 e. The number of hydrogen-bond acceptors (Lipinski definition) is 6. The van der Waals surface area contributed by atoms with Crippen LogP contribution in [0.2, 0.25) is 0 Å². The van der Waals surface area contributed by atoms with E-state index in [2.05, 4.69) is 26.1 Å². The molecular weight excluding hydrogens is 428 g/mol. The van der Waals surface area contributed by atoms with Crippen molar-refractivity contribution >= 4 is 39.1 Å². The topological polar surface area (TPSA) is 93.0 Å². The zero-order chi connectivity index (χ0) is 19.5. The molecule has 140 valence electrons. The summed E-state index contributed by atoms with van der Waals surface area (Å²) in [5, 5.41) is 17.1. The molecule has 0 atom stereocenters. The van der Waals surface area contributed by atoms with Gasteiger partial charge in [0.05, 0.1) is 17.3 Å². The van der Waals surface area contributed by atoms with Gasteiger partial charge in [-0.3, -0.25) is 0 Å². The third kappa shape index (κ3) is 6.96. The molecule has 0 unspecified atom stereocenters. The molecule has 2 aromatic rings. The Labute approximate surface area is 171 Å². The first-order valence-corrected chi connectivity index (χ1v) is 9.91. The van der Waals surface area contributed by atoms with E-state index in [1.54, 1.807) is 12.3 Å². The molecule has 0 saturated heterocycles. The van der Waals surface area contributed by atoms with E-state index in [9.17, 15) is 0 Å². The van der Waals surface area contributed by atoms with Gasteiger partial charge in [0.2, 0.25) is 0 Å². The third-order valence-corrected chi connectivity index (χ3v) is 4.65. The van der Waals surface area contributed by atoms with E-state index in [1.165, 1.54) is 17.3 Å². The molecule has 2 rings (SSSR count). The number of benzene rings is 2. The molecule has 0 aliphatic carbocycles. The fourth-order valence-electron chi connectivity index (χ4n) is 2.08. The summed E-state index contributed by atoms with van der Waals surface area (Å²) in [6.07, 6.45) is 1.58. The fraction of sp³-hybridized carbons (Fsp3) is 0.211. The number of hydrogen-bond donors (Lipinski definition) is 1. The molecule has 2 N–H and O–H groups in total. The van der Waals surface area contributed by atoms with Crippen molar-refractivity contribution < 1.29 is 9.47 Å². The minimum absolute atomic E-state index is 0.0639. The van der Waals surface area contributed by atoms with Crippen molar-refractivity contribution in [3.63, 3.8) is 0 Å². The summed E-state index contributed by atoms with van der Waals surface area (Å²) >= 11 is 4.85. The Kier molecular flexibility index (Phi) is 8.68. The standard InChI is InChI=1S/C19H19BrN4O2S/c1-2-25-17-11-15(10-16(20)18(17)26-9-8-21)12-23-24-19(22)27-13-14-6-4-3-5-7-14/h3-7,10-12H,2,9,13H2,1H3,(H2,22,24). The van der Waals surface area contributed by atoms with Crippen molar-refractivity contribution in [2.24, 2.45) is 15.9 Å². The van der Waals surface area contributed by atoms with E-state index in [1.807, 2.05) is 49.4 Å². The fourth-order valence-corrected chi connectivity index (χ4v) is 3.27. The van der Waals surface area contributed by atoms with Crippen LogP contribution in [0.25, 0.3) is 0 Å². The molecule has 0 heterocycles. The normalized spacial score (nSPS) is 11.4. The maximum absolute atomic E-state index is 8.70. The molecule has 6 nitrogen and oxygen atoms in total. The van der Waals surface area contributed by atoms with Crippen LogP contribution in [0, 0.1) is 11.3 Å². The van der Waals surface area contributed by atoms with Gasteiger partial charge in [0, 0.05) is 5.75 Å². The molecule has 0 spiro atoms. The minimum Gasteiger partial charge on any atom is -0.490 e. The number of nitriles is 1. The molecule has 8 heteroatoms. The van der Waals surface area contributed by atoms with Gasteiger partial charge in [0.15, 0.2) is 23.3 Å². The van der Waals surface area contributed by atoms with Gasteiger partial charge in [0.25, 0.3) is 0 Å². The van der Waals surface area contributed by atoms with Crippen LogP contribution >= 0.6 is 27.7 Å². The van der Waals surface area contributed by atoms with Crippen molar-refractivity contribution in [1.82, 2.24) is 0 Å². The molecule has 0 aromatic heterocycles. The van der Waals surface area contributed by atoms with E-state index < -0.39 is 0 Å². The predicted octanol–water partition coefficient (Wildman–Crippen LogP) is 4.33. The van der Waals surface area contributed by atoms with Gasteiger partial charge >= 0.3 is 0 Å². The summed E-state index contributed by atoms with van der Waals surface area (Å²) in [5.74, 6) is 1.74. The highest BCUT2D eigenvalue weighted by atomic mass is 79.9. The van der Waals surface area contributed by atoms with Crippen molar-refractivity contribution in [2.45, 2.75) is 12.7 Å². The van der Waals surface area contributed by atoms with E-state index in [0.717, 1.165) is 11.3 Å². The van der Waals surface area contributed by atoms with Crippen LogP contribution in [0.15, 0.2) is 57.1 Å². The maximum Gasteiger partial charge on any atom is 0.180 e. The van der Waals surface area contributed by atoms with E-state index in [4.69, 9.17) is 20.5 Å². The smallest absolute Gasteiger partial charge is 0.180 e. The Morgan fingerprint density at radius 1 is 1.30 bits per heavy atom. The zero-order valence-corrected chi connectivity index (χ0v) is 17.2. The first kappa shape index (κ1) is 20.8. The lowest BCUT2D eigenvalue weighted by Crippen LogP contribution is -2.06. The van der Waals surface area contributed by atoms with Gasteiger partial charge in [-0.15, -0.1) is 5.10 Å². The molecule has 0 aliphatic heterocycles. The Hall–Kier alpha value is -2.50. The second-order valence-electron chi connectivity index (χ2n) is 5.17. The van der Waals surface area contributed by atoms with Crippen LogP contribution in [0.5, 0.6) is 11.5 Å². The van der Waals surface area contributed by atoms with Gasteiger partial charge in [-0.1, -0.05) is 42.1 Å². The summed E-state index contributed by atoms with van der Waals surface area (Å²) in [7, 11) is 0. The van der Waals surface area contributed by atoms with Gasteiger partial charge in [-0.05, 0) is 46.1 Å². The molecule has 0 saturated carbocycles. The summed E-state index contributed by atoms with van der Waals surface area (Å²) < 4.78 is 11.7. The van der Waals surface area contributed by atoms with E-state index in [-0.39, 0.29) is 6.61 Å². The lowest BCUT2D eigenvalue weighted by molar-refractivity contribution is 0.297. The Morgan fingerprint density at radius 3 is 2.78 bits per heavy atom. The van der Waals surface area contributed by atoms with Crippen molar-refractivity contribution in [3.8, 4) is 17.6 Å². The molecule has 27 heavy (non-hydrogen) atoms. The third-order valence-electron chi connectivity index (χ3n) is 3.21. The summed E-state index contributed by atoms with van der Waals surface area (Å²) in [4.78, 5) is 0. The van der Waals surface area contributed by atoms with Crippen LogP contribution in [0.1, 0.15) is 18.1 Å². The molecule has 0 amide bonds. The van der Waals surface area contributed by atoms with Crippen molar-refractivity contribution in [3.05, 3.63) is 58.1 Å². The first-order chi connectivity index (χ1) is 13.1. The average molecular weight is 447 g/mol. The number of ether oxygens (including phenoxy) is 2. The predicted molar refractivity (Wildman–Crippen MR) is 113 cm³/mol. The SMILES string of the molecule is CCOc1cc(C=NN=C(N)SCc2ccccc2)cc(Br)c1OCC#N. The van der Waals surface area contributed by atoms with Gasteiger partial charge in [0.1, 0.15) is 6.07 Å². The summed E-state index contributed by atoms with van der Waals surface area (Å²) in [6, 6.07) is 15.5. The highest BCUT2D eigenvalue weighted by Crippen LogP contribution is 2.36. The first-order valence-electron chi connectivity index (χ1n) is 8.13. The Bertz CT molecular complexity index is 851. The molecule has 0 fully saturated rings. The van der Waals surface area contributed by atoms with Crippen LogP contribution in [-0.4, -0.2) is 24.6 Å². The Morgan fingerprint density at radius 2 is 2.07 bits per heavy atom. The van der Waals surface area contributed by atoms with E-state index >= 15 is 0 Å². The molecule has 0 radical (unpaired) electrons. The van der Waals surface area contributed by atoms with E-state index in [0.29, 0.717) is 27.7 Å². The summed E-state index contributed by atoms with van der Waals surface area (Å²) in [5.41, 5.74) is 7.82. The monoisotopic (exact) mass is 446 g/mol. The van der Waals surface area contributed by atoms with Crippen LogP contribution < -0.4 is 15.2 Å². The number of thioether (sulfide) groups is 1. The molecular formula is C19H19BrN4O2S. The molecule has 0 bridgehead atoms. The number of nitrogens with two attached hydrogens (primary N) is 1. The molecule has 0 aliphatic rings. The lowest BCUT2D eigenvalue weighted by atomic mass is 10.2. The second kappa shape index (κ2) is 11.3. The van der Waals surface area contributed by atoms with Crippen molar-refractivity contribution in [2.75, 3.05) is 13.2 Å². The number of halogens is 1. The minimum atomic E-state index is -0.0639. The Balaban J connectivity index is 2.05. The van der Waals surface area contributed by atoms with Gasteiger partial charge in [-0.2, -0.15) is 10.4 Å². The van der Waals surface area contributed by atoms with Crippen molar-refractivity contribution in [1.29, 1.82) is 5.26 Å². The zero-order valence-electron chi connectivity index (χ0n) is 14.8. The molecule has 2 aromatic carbocycles. The number of nitrogens with zero attached hydrogens (tertiary/aromatic N) is 3. The average Bonchev–Trinajstić information content (AvgIpc) is 2.67. The highest BCUT2D eigenvalue weighted by molar-refractivity contribution is 9.10.